The van der Waals surface area contributed by atoms with Gasteiger partial charge in [0, 0.05) is 0 Å². The summed E-state index contributed by atoms with van der Waals surface area (Å²) < 4.78 is 24.3. The molecule has 90 valence electrons. The summed E-state index contributed by atoms with van der Waals surface area (Å²) in [5, 5.41) is 14.9. The third-order valence-electron chi connectivity index (χ3n) is 1.80. The van der Waals surface area contributed by atoms with Crippen LogP contribution < -0.4 is 5.73 Å². The zero-order chi connectivity index (χ0) is 12.5. The van der Waals surface area contributed by atoms with Crippen molar-refractivity contribution in [1.82, 2.24) is 15.0 Å². The van der Waals surface area contributed by atoms with Gasteiger partial charge in [-0.2, -0.15) is 0 Å². The number of nitrogens with zero attached hydrogens (tertiary/aromatic N) is 3. The first-order chi connectivity index (χ1) is 7.25. The number of hydrogen-bond acceptors (Lipinski definition) is 6. The lowest BCUT2D eigenvalue weighted by Gasteiger charge is -2.05. The van der Waals surface area contributed by atoms with Crippen LogP contribution in [0.25, 0.3) is 0 Å². The van der Waals surface area contributed by atoms with E-state index in [-0.39, 0.29) is 11.9 Å². The van der Waals surface area contributed by atoms with Crippen LogP contribution in [-0.4, -0.2) is 40.2 Å². The van der Waals surface area contributed by atoms with Crippen LogP contribution >= 0.6 is 0 Å². The molecule has 0 aliphatic carbocycles. The maximum Gasteiger partial charge on any atom is 0.319 e. The minimum atomic E-state index is -4.02. The quantitative estimate of drug-likeness (QED) is 0.720. The molecule has 1 aromatic rings. The predicted octanol–water partition coefficient (Wildman–Crippen LogP) is -0.700. The smallest absolute Gasteiger partial charge is 0.319 e. The number of rotatable bonds is 4. The molecule has 0 saturated carbocycles. The molecule has 0 spiro atoms. The van der Waals surface area contributed by atoms with Crippen LogP contribution in [0.5, 0.6) is 0 Å². The van der Waals surface area contributed by atoms with E-state index < -0.39 is 26.6 Å². The molecule has 1 aromatic heterocycles. The average molecular weight is 248 g/mol. The highest BCUT2D eigenvalue weighted by atomic mass is 32.2. The van der Waals surface area contributed by atoms with Crippen LogP contribution in [0.1, 0.15) is 19.9 Å². The van der Waals surface area contributed by atoms with Gasteiger partial charge in [0.2, 0.25) is 14.9 Å². The third-order valence-corrected chi connectivity index (χ3v) is 3.30. The van der Waals surface area contributed by atoms with Gasteiger partial charge in [-0.15, -0.1) is 5.10 Å². The normalized spacial score (nSPS) is 11.9. The minimum absolute atomic E-state index is 0.142. The predicted molar refractivity (Wildman–Crippen MR) is 54.5 cm³/mol. The Hall–Kier alpha value is -1.64. The molecule has 0 aliphatic rings. The Bertz CT molecular complexity index is 504. The number of anilines is 1. The minimum Gasteiger partial charge on any atom is -0.480 e. The first-order valence-corrected chi connectivity index (χ1v) is 6.06. The van der Waals surface area contributed by atoms with Gasteiger partial charge in [0.15, 0.2) is 11.6 Å². The van der Waals surface area contributed by atoms with Gasteiger partial charge in [0.1, 0.15) is 0 Å². The van der Waals surface area contributed by atoms with Gasteiger partial charge >= 0.3 is 5.97 Å². The summed E-state index contributed by atoms with van der Waals surface area (Å²) in [5.41, 5.74) is 5.53. The summed E-state index contributed by atoms with van der Waals surface area (Å²) in [7, 11) is -4.02. The molecule has 16 heavy (non-hydrogen) atoms. The molecular formula is C7H12N4O4S. The Morgan fingerprint density at radius 2 is 2.12 bits per heavy atom. The number of sulfone groups is 1. The van der Waals surface area contributed by atoms with E-state index in [0.29, 0.717) is 0 Å². The van der Waals surface area contributed by atoms with E-state index in [4.69, 9.17) is 10.8 Å². The lowest BCUT2D eigenvalue weighted by atomic mass is 10.4. The van der Waals surface area contributed by atoms with E-state index >= 15 is 0 Å². The van der Waals surface area contributed by atoms with Gasteiger partial charge < -0.3 is 10.8 Å². The summed E-state index contributed by atoms with van der Waals surface area (Å²) in [6.07, 6.45) is 0. The number of carboxylic acids is 1. The first-order valence-electron chi connectivity index (χ1n) is 4.41. The molecule has 1 rings (SSSR count). The molecule has 0 radical (unpaired) electrons. The average Bonchev–Trinajstić information content (AvgIpc) is 2.44. The summed E-state index contributed by atoms with van der Waals surface area (Å²) in [6.45, 7) is 3.50. The number of aromatic nitrogens is 3. The van der Waals surface area contributed by atoms with E-state index in [9.17, 15) is 13.2 Å². The zero-order valence-electron chi connectivity index (χ0n) is 8.78. The Morgan fingerprint density at radius 3 is 2.50 bits per heavy atom. The van der Waals surface area contributed by atoms with E-state index in [1.807, 2.05) is 0 Å². The van der Waals surface area contributed by atoms with Gasteiger partial charge in [-0.25, -0.2) is 13.1 Å². The number of carboxylic acid groups (broad SMARTS) is 1. The number of nitrogen functional groups attached to an aromatic ring is 1. The maximum atomic E-state index is 11.5. The molecule has 0 bridgehead atoms. The van der Waals surface area contributed by atoms with Crippen LogP contribution in [0.3, 0.4) is 0 Å². The van der Waals surface area contributed by atoms with Crippen LogP contribution in [0.2, 0.25) is 0 Å². The number of carbonyl (C=O) groups is 1. The summed E-state index contributed by atoms with van der Waals surface area (Å²) in [5.74, 6) is -2.65. The third kappa shape index (κ3) is 2.30. The lowest BCUT2D eigenvalue weighted by Crippen LogP contribution is -2.17. The number of hydrogen-bond donors (Lipinski definition) is 2. The van der Waals surface area contributed by atoms with Gasteiger partial charge in [-0.05, 0) is 13.8 Å². The maximum absolute atomic E-state index is 11.5. The molecule has 0 atom stereocenters. The monoisotopic (exact) mass is 248 g/mol. The number of aliphatic carboxylic acids is 1. The van der Waals surface area contributed by atoms with E-state index in [0.717, 1.165) is 0 Å². The van der Waals surface area contributed by atoms with Crippen LogP contribution in [-0.2, 0) is 14.6 Å². The molecule has 1 heterocycles. The standard InChI is InChI=1S/C7H12N4O4S/c1-4(2)11-6(8)7(9-10-11)16(14,15)3-5(12)13/h4H,3,8H2,1-2H3,(H,12,13). The van der Waals surface area contributed by atoms with Crippen molar-refractivity contribution in [1.29, 1.82) is 0 Å². The molecule has 0 aromatic carbocycles. The lowest BCUT2D eigenvalue weighted by molar-refractivity contribution is -0.134. The van der Waals surface area contributed by atoms with Crippen molar-refractivity contribution in [3.8, 4) is 0 Å². The van der Waals surface area contributed by atoms with Gasteiger partial charge in [0.25, 0.3) is 0 Å². The highest BCUT2D eigenvalue weighted by molar-refractivity contribution is 7.92. The highest BCUT2D eigenvalue weighted by Gasteiger charge is 2.27. The Kier molecular flexibility index (Phi) is 3.17. The van der Waals surface area contributed by atoms with E-state index in [2.05, 4.69) is 10.3 Å². The van der Waals surface area contributed by atoms with Crippen molar-refractivity contribution in [2.75, 3.05) is 11.5 Å². The summed E-state index contributed by atoms with van der Waals surface area (Å²) >= 11 is 0. The molecule has 0 saturated heterocycles. The highest BCUT2D eigenvalue weighted by Crippen LogP contribution is 2.19. The van der Waals surface area contributed by atoms with Gasteiger partial charge in [-0.3, -0.25) is 4.79 Å². The van der Waals surface area contributed by atoms with Crippen molar-refractivity contribution in [3.05, 3.63) is 0 Å². The molecule has 8 nitrogen and oxygen atoms in total. The van der Waals surface area contributed by atoms with E-state index in [1.54, 1.807) is 13.8 Å². The van der Waals surface area contributed by atoms with Gasteiger partial charge in [-0.1, -0.05) is 5.21 Å². The largest absolute Gasteiger partial charge is 0.480 e. The summed E-state index contributed by atoms with van der Waals surface area (Å²) in [4.78, 5) is 10.4. The fourth-order valence-corrected chi connectivity index (χ4v) is 2.16. The van der Waals surface area contributed by atoms with Crippen molar-refractivity contribution in [2.45, 2.75) is 24.9 Å². The molecule has 0 amide bonds. The second kappa shape index (κ2) is 4.08. The second-order valence-electron chi connectivity index (χ2n) is 3.47. The molecule has 3 N–H and O–H groups in total. The Morgan fingerprint density at radius 1 is 1.56 bits per heavy atom. The van der Waals surface area contributed by atoms with Crippen LogP contribution in [0.15, 0.2) is 5.03 Å². The summed E-state index contributed by atoms with van der Waals surface area (Å²) in [6, 6.07) is -0.152. The van der Waals surface area contributed by atoms with Crippen molar-refractivity contribution >= 4 is 21.6 Å². The second-order valence-corrected chi connectivity index (χ2v) is 5.38. The Labute approximate surface area is 92.0 Å². The first kappa shape index (κ1) is 12.4. The molecule has 0 unspecified atom stereocenters. The van der Waals surface area contributed by atoms with Crippen LogP contribution in [0.4, 0.5) is 5.82 Å². The van der Waals surface area contributed by atoms with E-state index in [1.165, 1.54) is 4.68 Å². The topological polar surface area (TPSA) is 128 Å². The fraction of sp³-hybridized carbons (Fsp3) is 0.571. The Balaban J connectivity index is 3.20. The molecular weight excluding hydrogens is 236 g/mol. The molecule has 9 heteroatoms. The fourth-order valence-electron chi connectivity index (χ4n) is 1.12. The van der Waals surface area contributed by atoms with Gasteiger partial charge in [0.05, 0.1) is 6.04 Å². The van der Waals surface area contributed by atoms with Crippen molar-refractivity contribution in [3.63, 3.8) is 0 Å². The van der Waals surface area contributed by atoms with Crippen molar-refractivity contribution < 1.29 is 18.3 Å². The van der Waals surface area contributed by atoms with Crippen molar-refractivity contribution in [2.24, 2.45) is 0 Å². The SMILES string of the molecule is CC(C)n1nnc(S(=O)(=O)CC(=O)O)c1N. The number of nitrogens with two attached hydrogens (primary N) is 1. The molecule has 0 aliphatic heterocycles. The van der Waals surface area contributed by atoms with Crippen LogP contribution in [0, 0.1) is 0 Å². The zero-order valence-corrected chi connectivity index (χ0v) is 9.60. The molecule has 0 fully saturated rings.